The Labute approximate surface area is 121 Å². The highest BCUT2D eigenvalue weighted by atomic mass is 16.5. The van der Waals surface area contributed by atoms with Gasteiger partial charge in [-0.3, -0.25) is 4.79 Å². The van der Waals surface area contributed by atoms with Gasteiger partial charge in [0, 0.05) is 7.11 Å². The Balaban J connectivity index is 2.18. The first-order chi connectivity index (χ1) is 10.2. The number of furan rings is 1. The van der Waals surface area contributed by atoms with Crippen molar-refractivity contribution in [2.75, 3.05) is 25.6 Å². The van der Waals surface area contributed by atoms with Crippen LogP contribution < -0.4 is 10.1 Å². The molecule has 1 amide bonds. The third-order valence-corrected chi connectivity index (χ3v) is 2.69. The smallest absolute Gasteiger partial charge is 0.259 e. The number of rotatable bonds is 6. The number of hydrogen-bond acceptors (Lipinski definition) is 5. The molecule has 108 valence electrons. The van der Waals surface area contributed by atoms with Crippen LogP contribution in [-0.2, 0) is 4.74 Å². The summed E-state index contributed by atoms with van der Waals surface area (Å²) in [6.07, 6.45) is 2.76. The van der Waals surface area contributed by atoms with Gasteiger partial charge in [-0.1, -0.05) is 0 Å². The van der Waals surface area contributed by atoms with E-state index in [4.69, 9.17) is 19.2 Å². The standard InChI is InChI=1S/C15H14N2O4/c1-19-6-7-21-14-3-2-11(9-16)8-13(14)17-15(18)12-4-5-20-10-12/h2-5,8,10H,6-7H2,1H3,(H,17,18). The highest BCUT2D eigenvalue weighted by Crippen LogP contribution is 2.26. The van der Waals surface area contributed by atoms with Gasteiger partial charge in [-0.25, -0.2) is 0 Å². The Kier molecular flexibility index (Phi) is 4.96. The molecule has 0 aliphatic heterocycles. The zero-order chi connectivity index (χ0) is 15.1. The lowest BCUT2D eigenvalue weighted by atomic mass is 10.2. The lowest BCUT2D eigenvalue weighted by Crippen LogP contribution is -2.13. The number of anilines is 1. The van der Waals surface area contributed by atoms with Gasteiger partial charge in [0.15, 0.2) is 0 Å². The molecule has 0 spiro atoms. The van der Waals surface area contributed by atoms with Gasteiger partial charge in [0.25, 0.3) is 5.91 Å². The lowest BCUT2D eigenvalue weighted by Gasteiger charge is -2.12. The topological polar surface area (TPSA) is 84.5 Å². The molecule has 0 bridgehead atoms. The number of amides is 1. The minimum absolute atomic E-state index is 0.338. The molecule has 0 aliphatic rings. The van der Waals surface area contributed by atoms with E-state index < -0.39 is 0 Å². The summed E-state index contributed by atoms with van der Waals surface area (Å²) in [4.78, 5) is 12.0. The number of nitrogens with zero attached hydrogens (tertiary/aromatic N) is 1. The fraction of sp³-hybridized carbons (Fsp3) is 0.200. The summed E-state index contributed by atoms with van der Waals surface area (Å²) >= 11 is 0. The van der Waals surface area contributed by atoms with Gasteiger partial charge < -0.3 is 19.2 Å². The van der Waals surface area contributed by atoms with Gasteiger partial charge in [-0.2, -0.15) is 5.26 Å². The normalized spacial score (nSPS) is 9.90. The number of ether oxygens (including phenoxy) is 2. The monoisotopic (exact) mass is 286 g/mol. The molecule has 1 heterocycles. The summed E-state index contributed by atoms with van der Waals surface area (Å²) in [5.41, 5.74) is 1.24. The maximum atomic E-state index is 12.0. The number of benzene rings is 1. The molecule has 1 N–H and O–H groups in total. The van der Waals surface area contributed by atoms with Crippen molar-refractivity contribution in [3.63, 3.8) is 0 Å². The van der Waals surface area contributed by atoms with Crippen molar-refractivity contribution >= 4 is 11.6 Å². The van der Waals surface area contributed by atoms with Crippen molar-refractivity contribution in [2.24, 2.45) is 0 Å². The number of hydrogen-bond donors (Lipinski definition) is 1. The highest BCUT2D eigenvalue weighted by molar-refractivity contribution is 6.04. The zero-order valence-corrected chi connectivity index (χ0v) is 11.5. The van der Waals surface area contributed by atoms with E-state index in [0.29, 0.717) is 35.8 Å². The van der Waals surface area contributed by atoms with E-state index in [-0.39, 0.29) is 5.91 Å². The minimum Gasteiger partial charge on any atom is -0.489 e. The van der Waals surface area contributed by atoms with Crippen LogP contribution in [0.3, 0.4) is 0 Å². The largest absolute Gasteiger partial charge is 0.489 e. The van der Waals surface area contributed by atoms with Crippen molar-refractivity contribution in [2.45, 2.75) is 0 Å². The summed E-state index contributed by atoms with van der Waals surface area (Å²) < 4.78 is 15.3. The lowest BCUT2D eigenvalue weighted by molar-refractivity contribution is 0.102. The molecule has 0 atom stereocenters. The predicted octanol–water partition coefficient (Wildman–Crippen LogP) is 2.43. The van der Waals surface area contributed by atoms with Gasteiger partial charge in [-0.05, 0) is 24.3 Å². The molecular weight excluding hydrogens is 272 g/mol. The Morgan fingerprint density at radius 1 is 1.38 bits per heavy atom. The first kappa shape index (κ1) is 14.6. The van der Waals surface area contributed by atoms with Gasteiger partial charge in [0.2, 0.25) is 0 Å². The molecule has 2 aromatic rings. The van der Waals surface area contributed by atoms with Crippen LogP contribution in [0.2, 0.25) is 0 Å². The predicted molar refractivity (Wildman–Crippen MR) is 75.2 cm³/mol. The van der Waals surface area contributed by atoms with Crippen LogP contribution >= 0.6 is 0 Å². The number of nitrogens with one attached hydrogen (secondary N) is 1. The van der Waals surface area contributed by atoms with Crippen LogP contribution in [0, 0.1) is 11.3 Å². The average molecular weight is 286 g/mol. The van der Waals surface area contributed by atoms with E-state index >= 15 is 0 Å². The molecule has 0 radical (unpaired) electrons. The van der Waals surface area contributed by atoms with E-state index in [0.717, 1.165) is 0 Å². The van der Waals surface area contributed by atoms with Crippen molar-refractivity contribution in [3.05, 3.63) is 47.9 Å². The third kappa shape index (κ3) is 3.84. The molecule has 0 fully saturated rings. The molecule has 0 saturated heterocycles. The number of carbonyl (C=O) groups excluding carboxylic acids is 1. The molecule has 6 heteroatoms. The Morgan fingerprint density at radius 3 is 2.90 bits per heavy atom. The second-order valence-electron chi connectivity index (χ2n) is 4.13. The molecule has 2 rings (SSSR count). The van der Waals surface area contributed by atoms with Crippen molar-refractivity contribution in [1.82, 2.24) is 0 Å². The Bertz CT molecular complexity index is 644. The Hall–Kier alpha value is -2.78. The molecule has 0 unspecified atom stereocenters. The third-order valence-electron chi connectivity index (χ3n) is 2.69. The fourth-order valence-electron chi connectivity index (χ4n) is 1.65. The van der Waals surface area contributed by atoms with E-state index in [1.54, 1.807) is 31.4 Å². The van der Waals surface area contributed by atoms with Crippen LogP contribution in [0.4, 0.5) is 5.69 Å². The van der Waals surface area contributed by atoms with E-state index in [2.05, 4.69) is 5.32 Å². The van der Waals surface area contributed by atoms with Crippen LogP contribution in [0.15, 0.2) is 41.2 Å². The molecule has 0 aliphatic carbocycles. The molecular formula is C15H14N2O4. The van der Waals surface area contributed by atoms with Crippen LogP contribution in [0.5, 0.6) is 5.75 Å². The summed E-state index contributed by atoms with van der Waals surface area (Å²) in [5.74, 6) is 0.137. The number of carbonyl (C=O) groups is 1. The van der Waals surface area contributed by atoms with Gasteiger partial charge in [0.1, 0.15) is 18.6 Å². The van der Waals surface area contributed by atoms with E-state index in [1.807, 2.05) is 6.07 Å². The van der Waals surface area contributed by atoms with Crippen LogP contribution in [0.1, 0.15) is 15.9 Å². The summed E-state index contributed by atoms with van der Waals surface area (Å²) in [6, 6.07) is 8.38. The molecule has 1 aromatic heterocycles. The van der Waals surface area contributed by atoms with Crippen molar-refractivity contribution < 1.29 is 18.7 Å². The van der Waals surface area contributed by atoms with Gasteiger partial charge in [0.05, 0.1) is 35.8 Å². The molecule has 21 heavy (non-hydrogen) atoms. The SMILES string of the molecule is COCCOc1ccc(C#N)cc1NC(=O)c1ccoc1. The second kappa shape index (κ2) is 7.12. The maximum absolute atomic E-state index is 12.0. The van der Waals surface area contributed by atoms with E-state index in [9.17, 15) is 4.79 Å². The molecule has 1 aromatic carbocycles. The Morgan fingerprint density at radius 2 is 2.24 bits per heavy atom. The van der Waals surface area contributed by atoms with Crippen LogP contribution in [0.25, 0.3) is 0 Å². The average Bonchev–Trinajstić information content (AvgIpc) is 3.03. The maximum Gasteiger partial charge on any atom is 0.259 e. The van der Waals surface area contributed by atoms with E-state index in [1.165, 1.54) is 12.5 Å². The van der Waals surface area contributed by atoms with Crippen LogP contribution in [-0.4, -0.2) is 26.2 Å². The van der Waals surface area contributed by atoms with Crippen molar-refractivity contribution in [1.29, 1.82) is 5.26 Å². The number of nitriles is 1. The quantitative estimate of drug-likeness (QED) is 0.824. The fourth-order valence-corrected chi connectivity index (χ4v) is 1.65. The zero-order valence-electron chi connectivity index (χ0n) is 11.5. The minimum atomic E-state index is -0.338. The first-order valence-electron chi connectivity index (χ1n) is 6.24. The van der Waals surface area contributed by atoms with Gasteiger partial charge >= 0.3 is 0 Å². The van der Waals surface area contributed by atoms with Gasteiger partial charge in [-0.15, -0.1) is 0 Å². The summed E-state index contributed by atoms with van der Waals surface area (Å²) in [5, 5.41) is 11.6. The number of methoxy groups -OCH3 is 1. The summed E-state index contributed by atoms with van der Waals surface area (Å²) in [7, 11) is 1.57. The summed E-state index contributed by atoms with van der Waals surface area (Å²) in [6.45, 7) is 0.770. The highest BCUT2D eigenvalue weighted by Gasteiger charge is 2.12. The first-order valence-corrected chi connectivity index (χ1v) is 6.24. The second-order valence-corrected chi connectivity index (χ2v) is 4.13. The molecule has 0 saturated carbocycles. The van der Waals surface area contributed by atoms with Crippen molar-refractivity contribution in [3.8, 4) is 11.8 Å². The molecule has 6 nitrogen and oxygen atoms in total.